The molecule has 0 spiro atoms. The number of nitrogens with zero attached hydrogens (tertiary/aromatic N) is 2. The molecule has 39 heavy (non-hydrogen) atoms. The van der Waals surface area contributed by atoms with Gasteiger partial charge in [-0.15, -0.1) is 0 Å². The molecule has 0 fully saturated rings. The second-order valence-electron chi connectivity index (χ2n) is 9.85. The molecule has 0 unspecified atom stereocenters. The summed E-state index contributed by atoms with van der Waals surface area (Å²) in [7, 11) is 0. The van der Waals surface area contributed by atoms with Crippen LogP contribution in [0.25, 0.3) is 60.6 Å². The van der Waals surface area contributed by atoms with E-state index in [1.165, 1.54) is 49.2 Å². The van der Waals surface area contributed by atoms with E-state index in [9.17, 15) is 0 Å². The van der Waals surface area contributed by atoms with Crippen LogP contribution in [0.4, 0.5) is 0 Å². The van der Waals surface area contributed by atoms with Crippen molar-refractivity contribution in [1.82, 2.24) is 9.13 Å². The van der Waals surface area contributed by atoms with Crippen LogP contribution in [0.15, 0.2) is 146 Å². The first kappa shape index (κ1) is 23.1. The molecule has 2 aromatic heterocycles. The second kappa shape index (κ2) is 9.34. The molecule has 7 rings (SSSR count). The highest BCUT2D eigenvalue weighted by Gasteiger charge is 2.12. The molecule has 0 saturated carbocycles. The first-order valence-electron chi connectivity index (χ1n) is 13.4. The number of rotatable bonds is 5. The van der Waals surface area contributed by atoms with Gasteiger partial charge in [-0.05, 0) is 60.5 Å². The highest BCUT2D eigenvalue weighted by Crippen LogP contribution is 2.33. The van der Waals surface area contributed by atoms with Gasteiger partial charge in [0.1, 0.15) is 0 Å². The standard InChI is InChI=1S/C37H28N2/c1-3-27(21-20-26(2)38-34-16-8-4-12-30(34)31-13-5-9-17-35(31)38)28-22-24-29(25-23-28)39-36-18-10-6-14-32(36)33-15-7-11-19-37(33)39/h3-25H,2H2,1H3/b21-20-,27-3+. The van der Waals surface area contributed by atoms with Crippen molar-refractivity contribution < 1.29 is 0 Å². The maximum absolute atomic E-state index is 4.45. The van der Waals surface area contributed by atoms with Crippen molar-refractivity contribution in [2.75, 3.05) is 0 Å². The van der Waals surface area contributed by atoms with Gasteiger partial charge >= 0.3 is 0 Å². The van der Waals surface area contributed by atoms with Gasteiger partial charge < -0.3 is 9.13 Å². The summed E-state index contributed by atoms with van der Waals surface area (Å²) in [6.07, 6.45) is 6.45. The number of allylic oxidation sites excluding steroid dienone is 5. The summed E-state index contributed by atoms with van der Waals surface area (Å²) in [6, 6.07) is 43.2. The maximum Gasteiger partial charge on any atom is 0.0541 e. The number of aromatic nitrogens is 2. The summed E-state index contributed by atoms with van der Waals surface area (Å²) in [5.74, 6) is 0. The van der Waals surface area contributed by atoms with Gasteiger partial charge in [0.05, 0.1) is 22.1 Å². The molecule has 5 aromatic carbocycles. The topological polar surface area (TPSA) is 9.86 Å². The summed E-state index contributed by atoms with van der Waals surface area (Å²) >= 11 is 0. The Labute approximate surface area is 228 Å². The average Bonchev–Trinajstić information content (AvgIpc) is 3.51. The number of hydrogen-bond acceptors (Lipinski definition) is 0. The molecule has 0 radical (unpaired) electrons. The van der Waals surface area contributed by atoms with Gasteiger partial charge in [-0.1, -0.05) is 104 Å². The van der Waals surface area contributed by atoms with E-state index in [4.69, 9.17) is 0 Å². The molecule has 7 aromatic rings. The maximum atomic E-state index is 4.45. The zero-order valence-electron chi connectivity index (χ0n) is 21.9. The fourth-order valence-corrected chi connectivity index (χ4v) is 5.86. The predicted octanol–water partition coefficient (Wildman–Crippen LogP) is 10.0. The Bertz CT molecular complexity index is 1970. The van der Waals surface area contributed by atoms with Gasteiger partial charge in [-0.25, -0.2) is 0 Å². The minimum Gasteiger partial charge on any atom is -0.310 e. The summed E-state index contributed by atoms with van der Waals surface area (Å²) < 4.78 is 4.60. The molecule has 0 atom stereocenters. The van der Waals surface area contributed by atoms with Gasteiger partial charge in [0.2, 0.25) is 0 Å². The SMILES string of the molecule is C=C(/C=C\C(=C/C)c1ccc(-n2c3ccccc3c3ccccc32)cc1)n1c2ccccc2c2ccccc21. The second-order valence-corrected chi connectivity index (χ2v) is 9.85. The smallest absolute Gasteiger partial charge is 0.0541 e. The van der Waals surface area contributed by atoms with Crippen molar-refractivity contribution >= 4 is 54.9 Å². The monoisotopic (exact) mass is 500 g/mol. The van der Waals surface area contributed by atoms with E-state index in [-0.39, 0.29) is 0 Å². The molecule has 0 saturated heterocycles. The van der Waals surface area contributed by atoms with Gasteiger partial charge in [-0.2, -0.15) is 0 Å². The fourth-order valence-electron chi connectivity index (χ4n) is 5.86. The van der Waals surface area contributed by atoms with Crippen LogP contribution in [0.3, 0.4) is 0 Å². The lowest BCUT2D eigenvalue weighted by Gasteiger charge is -2.10. The van der Waals surface area contributed by atoms with E-state index in [2.05, 4.69) is 162 Å². The first-order chi connectivity index (χ1) is 19.2. The van der Waals surface area contributed by atoms with Crippen molar-refractivity contribution in [2.45, 2.75) is 6.92 Å². The third-order valence-electron chi connectivity index (χ3n) is 7.67. The molecule has 0 aliphatic heterocycles. The van der Waals surface area contributed by atoms with E-state index in [1.807, 2.05) is 0 Å². The molecule has 0 N–H and O–H groups in total. The first-order valence-corrected chi connectivity index (χ1v) is 13.4. The third kappa shape index (κ3) is 3.72. The van der Waals surface area contributed by atoms with Crippen molar-refractivity contribution in [2.24, 2.45) is 0 Å². The quantitative estimate of drug-likeness (QED) is 0.208. The molecule has 2 heteroatoms. The Morgan fingerprint density at radius 2 is 0.974 bits per heavy atom. The molecule has 0 amide bonds. The lowest BCUT2D eigenvalue weighted by atomic mass is 10.0. The minimum absolute atomic E-state index is 0.939. The van der Waals surface area contributed by atoms with Crippen LogP contribution < -0.4 is 0 Å². The van der Waals surface area contributed by atoms with E-state index in [0.717, 1.165) is 17.0 Å². The third-order valence-corrected chi connectivity index (χ3v) is 7.67. The van der Waals surface area contributed by atoms with Crippen molar-refractivity contribution in [1.29, 1.82) is 0 Å². The Morgan fingerprint density at radius 1 is 0.538 bits per heavy atom. The van der Waals surface area contributed by atoms with E-state index >= 15 is 0 Å². The minimum atomic E-state index is 0.939. The molecular formula is C37H28N2. The molecule has 2 heterocycles. The highest BCUT2D eigenvalue weighted by atomic mass is 15.0. The predicted molar refractivity (Wildman–Crippen MR) is 168 cm³/mol. The number of fused-ring (bicyclic) bond motifs is 6. The Hall–Kier alpha value is -5.08. The van der Waals surface area contributed by atoms with Crippen LogP contribution in [0, 0.1) is 0 Å². The van der Waals surface area contributed by atoms with E-state index in [1.54, 1.807) is 0 Å². The number of hydrogen-bond donors (Lipinski definition) is 0. The zero-order valence-corrected chi connectivity index (χ0v) is 21.9. The van der Waals surface area contributed by atoms with Crippen molar-refractivity contribution in [3.05, 3.63) is 152 Å². The van der Waals surface area contributed by atoms with Crippen molar-refractivity contribution in [3.8, 4) is 5.69 Å². The van der Waals surface area contributed by atoms with E-state index in [0.29, 0.717) is 0 Å². The molecule has 0 aliphatic carbocycles. The van der Waals surface area contributed by atoms with Crippen LogP contribution >= 0.6 is 0 Å². The van der Waals surface area contributed by atoms with E-state index < -0.39 is 0 Å². The van der Waals surface area contributed by atoms with Crippen LogP contribution in [-0.2, 0) is 0 Å². The van der Waals surface area contributed by atoms with Crippen LogP contribution in [-0.4, -0.2) is 9.13 Å². The summed E-state index contributed by atoms with van der Waals surface area (Å²) in [5, 5.41) is 5.04. The zero-order chi connectivity index (χ0) is 26.3. The highest BCUT2D eigenvalue weighted by molar-refractivity contribution is 6.11. The summed E-state index contributed by atoms with van der Waals surface area (Å²) in [5.41, 5.74) is 9.22. The van der Waals surface area contributed by atoms with Crippen molar-refractivity contribution in [3.63, 3.8) is 0 Å². The Kier molecular flexibility index (Phi) is 5.53. The lowest BCUT2D eigenvalue weighted by molar-refractivity contribution is 1.18. The molecule has 0 aliphatic rings. The van der Waals surface area contributed by atoms with Crippen LogP contribution in [0.5, 0.6) is 0 Å². The average molecular weight is 501 g/mol. The summed E-state index contributed by atoms with van der Waals surface area (Å²) in [6.45, 7) is 6.54. The number of para-hydroxylation sites is 4. The lowest BCUT2D eigenvalue weighted by Crippen LogP contribution is -1.94. The van der Waals surface area contributed by atoms with Gasteiger partial charge in [0.25, 0.3) is 0 Å². The number of benzene rings is 5. The molecule has 0 bridgehead atoms. The van der Waals surface area contributed by atoms with Crippen LogP contribution in [0.1, 0.15) is 12.5 Å². The summed E-state index contributed by atoms with van der Waals surface area (Å²) in [4.78, 5) is 0. The Balaban J connectivity index is 1.24. The normalized spacial score (nSPS) is 12.4. The molecule has 2 nitrogen and oxygen atoms in total. The van der Waals surface area contributed by atoms with Gasteiger partial charge in [-0.3, -0.25) is 0 Å². The largest absolute Gasteiger partial charge is 0.310 e. The van der Waals surface area contributed by atoms with Gasteiger partial charge in [0, 0.05) is 32.9 Å². The van der Waals surface area contributed by atoms with Crippen LogP contribution in [0.2, 0.25) is 0 Å². The molecular weight excluding hydrogens is 472 g/mol. The van der Waals surface area contributed by atoms with Gasteiger partial charge in [0.15, 0.2) is 0 Å². The molecule has 186 valence electrons. The fraction of sp³-hybridized carbons (Fsp3) is 0.0270. The Morgan fingerprint density at radius 3 is 1.46 bits per heavy atom.